The van der Waals surface area contributed by atoms with E-state index in [0.29, 0.717) is 25.5 Å². The number of hydrogen-bond donors (Lipinski definition) is 1. The van der Waals surface area contributed by atoms with Crippen LogP contribution in [0.2, 0.25) is 0 Å². The number of amides is 2. The topological polar surface area (TPSA) is 72.3 Å². The lowest BCUT2D eigenvalue weighted by atomic mass is 9.83. The van der Waals surface area contributed by atoms with Gasteiger partial charge in [-0.05, 0) is 17.7 Å². The highest BCUT2D eigenvalue weighted by atomic mass is 19.1. The fourth-order valence-electron chi connectivity index (χ4n) is 3.03. The predicted molar refractivity (Wildman–Crippen MR) is 89.5 cm³/mol. The van der Waals surface area contributed by atoms with Gasteiger partial charge in [-0.15, -0.1) is 5.10 Å². The number of nitrogens with one attached hydrogen (secondary N) is 1. The van der Waals surface area contributed by atoms with E-state index in [2.05, 4.69) is 15.6 Å². The lowest BCUT2D eigenvalue weighted by Crippen LogP contribution is -2.41. The van der Waals surface area contributed by atoms with E-state index < -0.39 is 5.54 Å². The van der Waals surface area contributed by atoms with Gasteiger partial charge in [0, 0.05) is 40.2 Å². The van der Waals surface area contributed by atoms with Gasteiger partial charge in [0.2, 0.25) is 0 Å². The standard InChI is InChI=1S/C17H22FN5O2/c1-22(2)16(24)19-11-15-12-23(21-20-15)17(7-9-25-10-8-17)13-3-5-14(18)6-4-13/h3-6,12H,7-11H2,1-2H3,(H,19,24). The van der Waals surface area contributed by atoms with E-state index in [9.17, 15) is 9.18 Å². The molecule has 2 amide bonds. The SMILES string of the molecule is CN(C)C(=O)NCc1cn(C2(c3ccc(F)cc3)CCOCC2)nn1. The monoisotopic (exact) mass is 347 g/mol. The maximum Gasteiger partial charge on any atom is 0.317 e. The Kier molecular flexibility index (Phi) is 4.98. The third-order valence-corrected chi connectivity index (χ3v) is 4.51. The quantitative estimate of drug-likeness (QED) is 0.914. The lowest BCUT2D eigenvalue weighted by Gasteiger charge is -2.37. The van der Waals surface area contributed by atoms with E-state index in [1.54, 1.807) is 26.2 Å². The third kappa shape index (κ3) is 3.63. The van der Waals surface area contributed by atoms with Gasteiger partial charge < -0.3 is 15.0 Å². The van der Waals surface area contributed by atoms with E-state index in [0.717, 1.165) is 18.4 Å². The third-order valence-electron chi connectivity index (χ3n) is 4.51. The van der Waals surface area contributed by atoms with Gasteiger partial charge in [-0.2, -0.15) is 0 Å². The van der Waals surface area contributed by atoms with Gasteiger partial charge >= 0.3 is 6.03 Å². The van der Waals surface area contributed by atoms with Crippen molar-refractivity contribution in [3.05, 3.63) is 47.5 Å². The second-order valence-electron chi connectivity index (χ2n) is 6.36. The number of ether oxygens (including phenoxy) is 1. The zero-order valence-electron chi connectivity index (χ0n) is 14.4. The highest BCUT2D eigenvalue weighted by Gasteiger charge is 2.37. The summed E-state index contributed by atoms with van der Waals surface area (Å²) in [7, 11) is 3.36. The first kappa shape index (κ1) is 17.3. The van der Waals surface area contributed by atoms with Crippen molar-refractivity contribution in [3.8, 4) is 0 Å². The minimum absolute atomic E-state index is 0.186. The average Bonchev–Trinajstić information content (AvgIpc) is 3.10. The highest BCUT2D eigenvalue weighted by molar-refractivity contribution is 5.73. The normalized spacial score (nSPS) is 16.4. The van der Waals surface area contributed by atoms with Crippen LogP contribution in [0.15, 0.2) is 30.5 Å². The van der Waals surface area contributed by atoms with Crippen LogP contribution in [-0.4, -0.2) is 53.2 Å². The molecule has 1 aliphatic heterocycles. The van der Waals surface area contributed by atoms with E-state index in [-0.39, 0.29) is 11.8 Å². The number of carbonyl (C=O) groups excluding carboxylic acids is 1. The summed E-state index contributed by atoms with van der Waals surface area (Å²) in [6.45, 7) is 1.50. The molecular formula is C17H22FN5O2. The summed E-state index contributed by atoms with van der Waals surface area (Å²) < 4.78 is 20.6. The van der Waals surface area contributed by atoms with Gasteiger partial charge in [-0.3, -0.25) is 0 Å². The van der Waals surface area contributed by atoms with E-state index in [1.807, 2.05) is 10.9 Å². The van der Waals surface area contributed by atoms with Crippen LogP contribution in [0.3, 0.4) is 0 Å². The molecule has 25 heavy (non-hydrogen) atoms. The molecule has 0 aliphatic carbocycles. The fourth-order valence-corrected chi connectivity index (χ4v) is 3.03. The van der Waals surface area contributed by atoms with E-state index in [4.69, 9.17) is 4.74 Å². The first-order valence-electron chi connectivity index (χ1n) is 8.22. The number of urea groups is 1. The Morgan fingerprint density at radius 3 is 2.64 bits per heavy atom. The Bertz CT molecular complexity index is 723. The Hall–Kier alpha value is -2.48. The summed E-state index contributed by atoms with van der Waals surface area (Å²) in [6.07, 6.45) is 3.29. The Morgan fingerprint density at radius 2 is 2.00 bits per heavy atom. The van der Waals surface area contributed by atoms with Crippen LogP contribution in [-0.2, 0) is 16.8 Å². The van der Waals surface area contributed by atoms with Crippen molar-refractivity contribution in [1.82, 2.24) is 25.2 Å². The first-order valence-corrected chi connectivity index (χ1v) is 8.22. The van der Waals surface area contributed by atoms with Crippen LogP contribution < -0.4 is 5.32 Å². The van der Waals surface area contributed by atoms with Gasteiger partial charge in [-0.1, -0.05) is 17.3 Å². The molecule has 1 aromatic heterocycles. The first-order chi connectivity index (χ1) is 12.0. The highest BCUT2D eigenvalue weighted by Crippen LogP contribution is 2.36. The molecule has 134 valence electrons. The molecule has 2 heterocycles. The Morgan fingerprint density at radius 1 is 1.32 bits per heavy atom. The second-order valence-corrected chi connectivity index (χ2v) is 6.36. The molecule has 0 spiro atoms. The molecule has 0 unspecified atom stereocenters. The summed E-state index contributed by atoms with van der Waals surface area (Å²) in [5.41, 5.74) is 1.23. The van der Waals surface area contributed by atoms with Gasteiger partial charge in [0.25, 0.3) is 0 Å². The molecular weight excluding hydrogens is 325 g/mol. The number of hydrogen-bond acceptors (Lipinski definition) is 4. The number of carbonyl (C=O) groups is 1. The summed E-state index contributed by atoms with van der Waals surface area (Å²) in [5, 5.41) is 11.2. The van der Waals surface area contributed by atoms with Crippen molar-refractivity contribution < 1.29 is 13.9 Å². The number of rotatable bonds is 4. The molecule has 1 aliphatic rings. The van der Waals surface area contributed by atoms with Gasteiger partial charge in [0.1, 0.15) is 11.5 Å². The molecule has 0 saturated carbocycles. The Labute approximate surface area is 145 Å². The summed E-state index contributed by atoms with van der Waals surface area (Å²) in [6, 6.07) is 6.31. The number of nitrogens with zero attached hydrogens (tertiary/aromatic N) is 4. The van der Waals surface area contributed by atoms with E-state index >= 15 is 0 Å². The Balaban J connectivity index is 1.85. The minimum atomic E-state index is -0.414. The van der Waals surface area contributed by atoms with Crippen LogP contribution in [0.25, 0.3) is 0 Å². The molecule has 8 heteroatoms. The smallest absolute Gasteiger partial charge is 0.317 e. The van der Waals surface area contributed by atoms with Crippen molar-refractivity contribution in [1.29, 1.82) is 0 Å². The summed E-state index contributed by atoms with van der Waals surface area (Å²) >= 11 is 0. The van der Waals surface area contributed by atoms with Crippen LogP contribution in [0.4, 0.5) is 9.18 Å². The van der Waals surface area contributed by atoms with Crippen LogP contribution in [0.5, 0.6) is 0 Å². The van der Waals surface area contributed by atoms with Crippen molar-refractivity contribution in [3.63, 3.8) is 0 Å². The van der Waals surface area contributed by atoms with Crippen molar-refractivity contribution in [2.24, 2.45) is 0 Å². The maximum absolute atomic E-state index is 13.3. The van der Waals surface area contributed by atoms with Crippen LogP contribution >= 0.6 is 0 Å². The molecule has 1 aromatic carbocycles. The average molecular weight is 347 g/mol. The zero-order valence-corrected chi connectivity index (χ0v) is 14.4. The maximum atomic E-state index is 13.3. The predicted octanol–water partition coefficient (Wildman–Crippen LogP) is 1.74. The largest absolute Gasteiger partial charge is 0.381 e. The summed E-state index contributed by atoms with van der Waals surface area (Å²) in [4.78, 5) is 13.1. The van der Waals surface area contributed by atoms with Crippen molar-refractivity contribution in [2.45, 2.75) is 24.9 Å². The van der Waals surface area contributed by atoms with E-state index in [1.165, 1.54) is 17.0 Å². The molecule has 0 radical (unpaired) electrons. The number of aromatic nitrogens is 3. The van der Waals surface area contributed by atoms with Crippen LogP contribution in [0, 0.1) is 5.82 Å². The summed E-state index contributed by atoms with van der Waals surface area (Å²) in [5.74, 6) is -0.267. The van der Waals surface area contributed by atoms with Gasteiger partial charge in [-0.25, -0.2) is 13.9 Å². The van der Waals surface area contributed by atoms with Crippen LogP contribution in [0.1, 0.15) is 24.1 Å². The molecule has 1 saturated heterocycles. The van der Waals surface area contributed by atoms with Gasteiger partial charge in [0.15, 0.2) is 0 Å². The molecule has 0 bridgehead atoms. The van der Waals surface area contributed by atoms with Crippen molar-refractivity contribution >= 4 is 6.03 Å². The molecule has 3 rings (SSSR count). The molecule has 7 nitrogen and oxygen atoms in total. The number of benzene rings is 1. The zero-order chi connectivity index (χ0) is 17.9. The molecule has 0 atom stereocenters. The molecule has 2 aromatic rings. The lowest BCUT2D eigenvalue weighted by molar-refractivity contribution is 0.0330. The minimum Gasteiger partial charge on any atom is -0.381 e. The van der Waals surface area contributed by atoms with Gasteiger partial charge in [0.05, 0.1) is 18.3 Å². The fraction of sp³-hybridized carbons (Fsp3) is 0.471. The molecule has 1 N–H and O–H groups in total. The second kappa shape index (κ2) is 7.18. The molecule has 1 fully saturated rings. The van der Waals surface area contributed by atoms with Crippen molar-refractivity contribution in [2.75, 3.05) is 27.3 Å². The number of halogens is 1.